The minimum atomic E-state index is -0.475. The van der Waals surface area contributed by atoms with Crippen molar-refractivity contribution in [1.82, 2.24) is 4.98 Å². The lowest BCUT2D eigenvalue weighted by atomic mass is 10.1. The molecule has 0 bridgehead atoms. The average Bonchev–Trinajstić information content (AvgIpc) is 2.93. The Hall–Kier alpha value is -2.46. The van der Waals surface area contributed by atoms with Crippen molar-refractivity contribution in [3.8, 4) is 11.3 Å². The first-order chi connectivity index (χ1) is 10.2. The number of amides is 1. The highest BCUT2D eigenvalue weighted by molar-refractivity contribution is 7.14. The molecule has 1 amide bonds. The number of hydrogen-bond acceptors (Lipinski definition) is 3. The average molecular weight is 294 g/mol. The fraction of sp³-hybridized carbons (Fsp3) is 0.0588. The molecule has 2 N–H and O–H groups in total. The Balaban J connectivity index is 2.04. The fourth-order valence-corrected chi connectivity index (χ4v) is 3.15. The van der Waals surface area contributed by atoms with Crippen LogP contribution in [0.1, 0.15) is 20.2 Å². The molecule has 21 heavy (non-hydrogen) atoms. The maximum Gasteiger partial charge on any atom is 0.277 e. The molecular weight excluding hydrogens is 280 g/mol. The number of carbonyl (C=O) groups is 1. The Morgan fingerprint density at radius 3 is 2.24 bits per heavy atom. The predicted molar refractivity (Wildman–Crippen MR) is 85.3 cm³/mol. The van der Waals surface area contributed by atoms with Crippen molar-refractivity contribution >= 4 is 17.2 Å². The first kappa shape index (κ1) is 13.5. The SMILES string of the molecule is NC(=O)c1nc(-c2ccccc2)c(Cc2ccccc2)s1. The largest absolute Gasteiger partial charge is 0.364 e. The highest BCUT2D eigenvalue weighted by Gasteiger charge is 2.16. The third kappa shape index (κ3) is 3.01. The number of carbonyl (C=O) groups excluding carboxylic acids is 1. The van der Waals surface area contributed by atoms with Crippen molar-refractivity contribution in [2.24, 2.45) is 5.73 Å². The summed E-state index contributed by atoms with van der Waals surface area (Å²) in [6.07, 6.45) is 0.746. The number of primary amides is 1. The molecule has 0 unspecified atom stereocenters. The monoisotopic (exact) mass is 294 g/mol. The van der Waals surface area contributed by atoms with E-state index in [4.69, 9.17) is 5.73 Å². The van der Waals surface area contributed by atoms with Gasteiger partial charge < -0.3 is 5.73 Å². The van der Waals surface area contributed by atoms with E-state index >= 15 is 0 Å². The lowest BCUT2D eigenvalue weighted by Gasteiger charge is -2.02. The topological polar surface area (TPSA) is 56.0 Å². The second-order valence-corrected chi connectivity index (χ2v) is 5.77. The third-order valence-electron chi connectivity index (χ3n) is 3.16. The number of aromatic nitrogens is 1. The smallest absolute Gasteiger partial charge is 0.277 e. The van der Waals surface area contributed by atoms with Gasteiger partial charge in [0.05, 0.1) is 5.69 Å². The predicted octanol–water partition coefficient (Wildman–Crippen LogP) is 3.50. The minimum Gasteiger partial charge on any atom is -0.364 e. The molecule has 0 spiro atoms. The van der Waals surface area contributed by atoms with E-state index in [0.717, 1.165) is 22.6 Å². The highest BCUT2D eigenvalue weighted by Crippen LogP contribution is 2.30. The number of thiazole rings is 1. The molecule has 0 aliphatic heterocycles. The van der Waals surface area contributed by atoms with Crippen LogP contribution in [0.3, 0.4) is 0 Å². The van der Waals surface area contributed by atoms with Crippen LogP contribution in [0.25, 0.3) is 11.3 Å². The van der Waals surface area contributed by atoms with Crippen LogP contribution in [-0.4, -0.2) is 10.9 Å². The summed E-state index contributed by atoms with van der Waals surface area (Å²) in [7, 11) is 0. The first-order valence-electron chi connectivity index (χ1n) is 6.63. The standard InChI is InChI=1S/C17H14N2OS/c18-16(20)17-19-15(13-9-5-2-6-10-13)14(21-17)11-12-7-3-1-4-8-12/h1-10H,11H2,(H2,18,20). The number of nitrogens with zero attached hydrogens (tertiary/aromatic N) is 1. The van der Waals surface area contributed by atoms with E-state index in [1.165, 1.54) is 16.9 Å². The molecule has 0 saturated carbocycles. The van der Waals surface area contributed by atoms with Crippen molar-refractivity contribution in [2.75, 3.05) is 0 Å². The molecule has 0 aliphatic rings. The Kier molecular flexibility index (Phi) is 3.79. The zero-order valence-corrected chi connectivity index (χ0v) is 12.1. The Labute approximate surface area is 127 Å². The summed E-state index contributed by atoms with van der Waals surface area (Å²) in [4.78, 5) is 16.9. The van der Waals surface area contributed by atoms with Gasteiger partial charge in [0.25, 0.3) is 5.91 Å². The molecule has 0 radical (unpaired) electrons. The highest BCUT2D eigenvalue weighted by atomic mass is 32.1. The summed E-state index contributed by atoms with van der Waals surface area (Å²) in [5.74, 6) is -0.475. The molecule has 3 rings (SSSR count). The van der Waals surface area contributed by atoms with E-state index in [-0.39, 0.29) is 0 Å². The van der Waals surface area contributed by atoms with Gasteiger partial charge in [-0.3, -0.25) is 4.79 Å². The molecule has 2 aromatic carbocycles. The van der Waals surface area contributed by atoms with Crippen molar-refractivity contribution in [2.45, 2.75) is 6.42 Å². The summed E-state index contributed by atoms with van der Waals surface area (Å²) in [5, 5.41) is 0.361. The van der Waals surface area contributed by atoms with Crippen molar-refractivity contribution < 1.29 is 4.79 Å². The summed E-state index contributed by atoms with van der Waals surface area (Å²) >= 11 is 1.37. The summed E-state index contributed by atoms with van der Waals surface area (Å²) in [6.45, 7) is 0. The molecule has 104 valence electrons. The minimum absolute atomic E-state index is 0.361. The molecule has 0 atom stereocenters. The van der Waals surface area contributed by atoms with Crippen LogP contribution < -0.4 is 5.73 Å². The van der Waals surface area contributed by atoms with Crippen LogP contribution >= 0.6 is 11.3 Å². The van der Waals surface area contributed by atoms with Gasteiger partial charge in [0, 0.05) is 16.9 Å². The fourth-order valence-electron chi connectivity index (χ4n) is 2.18. The molecule has 0 fully saturated rings. The van der Waals surface area contributed by atoms with Crippen LogP contribution in [0.4, 0.5) is 0 Å². The molecule has 0 saturated heterocycles. The summed E-state index contributed by atoms with van der Waals surface area (Å²) in [6, 6.07) is 20.0. The number of benzene rings is 2. The summed E-state index contributed by atoms with van der Waals surface area (Å²) < 4.78 is 0. The zero-order valence-electron chi connectivity index (χ0n) is 11.3. The number of hydrogen-bond donors (Lipinski definition) is 1. The normalized spacial score (nSPS) is 10.5. The molecule has 3 aromatic rings. The van der Waals surface area contributed by atoms with E-state index in [0.29, 0.717) is 5.01 Å². The van der Waals surface area contributed by atoms with E-state index in [2.05, 4.69) is 17.1 Å². The molecule has 3 nitrogen and oxygen atoms in total. The van der Waals surface area contributed by atoms with E-state index in [1.807, 2.05) is 48.5 Å². The van der Waals surface area contributed by atoms with Gasteiger partial charge in [0.1, 0.15) is 0 Å². The Bertz CT molecular complexity index is 751. The second-order valence-electron chi connectivity index (χ2n) is 4.68. The van der Waals surface area contributed by atoms with E-state index < -0.39 is 5.91 Å². The molecule has 0 aliphatic carbocycles. The van der Waals surface area contributed by atoms with E-state index in [9.17, 15) is 4.79 Å². The second kappa shape index (κ2) is 5.89. The van der Waals surface area contributed by atoms with Crippen LogP contribution in [0.2, 0.25) is 0 Å². The Morgan fingerprint density at radius 2 is 1.62 bits per heavy atom. The lowest BCUT2D eigenvalue weighted by Crippen LogP contribution is -2.10. The number of nitrogens with two attached hydrogens (primary N) is 1. The molecule has 1 heterocycles. The molecular formula is C17H14N2OS. The van der Waals surface area contributed by atoms with Gasteiger partial charge in [-0.2, -0.15) is 0 Å². The van der Waals surface area contributed by atoms with Gasteiger partial charge in [-0.1, -0.05) is 60.7 Å². The molecule has 4 heteroatoms. The summed E-state index contributed by atoms with van der Waals surface area (Å²) in [5.41, 5.74) is 8.42. The van der Waals surface area contributed by atoms with Gasteiger partial charge >= 0.3 is 0 Å². The van der Waals surface area contributed by atoms with Crippen LogP contribution in [0.15, 0.2) is 60.7 Å². The van der Waals surface area contributed by atoms with Gasteiger partial charge in [-0.25, -0.2) is 4.98 Å². The Morgan fingerprint density at radius 1 is 1.00 bits per heavy atom. The molecule has 1 aromatic heterocycles. The number of rotatable bonds is 4. The first-order valence-corrected chi connectivity index (χ1v) is 7.44. The van der Waals surface area contributed by atoms with E-state index in [1.54, 1.807) is 0 Å². The van der Waals surface area contributed by atoms with Gasteiger partial charge in [0.2, 0.25) is 0 Å². The lowest BCUT2D eigenvalue weighted by molar-refractivity contribution is 0.1000. The maximum atomic E-state index is 11.4. The zero-order chi connectivity index (χ0) is 14.7. The van der Waals surface area contributed by atoms with Crippen LogP contribution in [0.5, 0.6) is 0 Å². The van der Waals surface area contributed by atoms with Gasteiger partial charge in [-0.05, 0) is 5.56 Å². The third-order valence-corrected chi connectivity index (χ3v) is 4.23. The quantitative estimate of drug-likeness (QED) is 0.800. The van der Waals surface area contributed by atoms with Crippen molar-refractivity contribution in [3.05, 3.63) is 76.1 Å². The van der Waals surface area contributed by atoms with Crippen LogP contribution in [-0.2, 0) is 6.42 Å². The van der Waals surface area contributed by atoms with Gasteiger partial charge in [0.15, 0.2) is 5.01 Å². The van der Waals surface area contributed by atoms with Crippen molar-refractivity contribution in [1.29, 1.82) is 0 Å². The van der Waals surface area contributed by atoms with Crippen molar-refractivity contribution in [3.63, 3.8) is 0 Å². The van der Waals surface area contributed by atoms with Crippen LogP contribution in [0, 0.1) is 0 Å². The van der Waals surface area contributed by atoms with Gasteiger partial charge in [-0.15, -0.1) is 11.3 Å². The maximum absolute atomic E-state index is 11.4.